The Labute approximate surface area is 204 Å². The molecule has 0 aliphatic rings. The number of aryl methyl sites for hydroxylation is 2. The number of methoxy groups -OCH3 is 1. The Kier molecular flexibility index (Phi) is 7.09. The Balaban J connectivity index is 2.07. The average Bonchev–Trinajstić information content (AvgIpc) is 3.00. The van der Waals surface area contributed by atoms with E-state index in [1.165, 1.54) is 49.2 Å². The van der Waals surface area contributed by atoms with E-state index in [0.29, 0.717) is 0 Å². The summed E-state index contributed by atoms with van der Waals surface area (Å²) in [7, 11) is -0.719. The monoisotopic (exact) mass is 530 g/mol. The zero-order chi connectivity index (χ0) is 24.7. The molecule has 1 aromatic heterocycles. The van der Waals surface area contributed by atoms with E-state index in [1.807, 2.05) is 0 Å². The number of sulfone groups is 1. The molecule has 0 radical (unpaired) electrons. The van der Waals surface area contributed by atoms with Crippen LogP contribution in [0.3, 0.4) is 0 Å². The van der Waals surface area contributed by atoms with Gasteiger partial charge >= 0.3 is 5.97 Å². The topological polar surface area (TPSA) is 105 Å². The van der Waals surface area contributed by atoms with Gasteiger partial charge in [-0.2, -0.15) is 5.10 Å². The number of hydrogen-bond donors (Lipinski definition) is 0. The number of esters is 1. The number of nitrogens with zero attached hydrogens (tertiary/aromatic N) is 2. The molecule has 3 aromatic rings. The molecule has 0 unspecified atom stereocenters. The molecule has 2 aromatic carbocycles. The first-order valence-corrected chi connectivity index (χ1v) is 12.2. The third-order valence-electron chi connectivity index (χ3n) is 4.67. The highest BCUT2D eigenvalue weighted by Crippen LogP contribution is 2.36. The van der Waals surface area contributed by atoms with Crippen molar-refractivity contribution < 1.29 is 27.5 Å². The van der Waals surface area contributed by atoms with Gasteiger partial charge in [-0.05, 0) is 37.3 Å². The fourth-order valence-corrected chi connectivity index (χ4v) is 4.56. The van der Waals surface area contributed by atoms with Gasteiger partial charge in [-0.15, -0.1) is 0 Å². The normalized spacial score (nSPS) is 11.4. The van der Waals surface area contributed by atoms with Gasteiger partial charge in [-0.3, -0.25) is 4.79 Å². The van der Waals surface area contributed by atoms with E-state index in [-0.39, 0.29) is 54.0 Å². The molecule has 0 fully saturated rings. The highest BCUT2D eigenvalue weighted by Gasteiger charge is 2.29. The van der Waals surface area contributed by atoms with E-state index < -0.39 is 21.6 Å². The van der Waals surface area contributed by atoms with Crippen molar-refractivity contribution in [2.45, 2.75) is 11.8 Å². The number of hydrogen-bond acceptors (Lipinski definition) is 7. The highest BCUT2D eigenvalue weighted by atomic mass is 35.5. The maximum Gasteiger partial charge on any atom is 0.350 e. The molecule has 0 saturated heterocycles. The number of rotatable bonds is 6. The zero-order valence-electron chi connectivity index (χ0n) is 17.8. The summed E-state index contributed by atoms with van der Waals surface area (Å²) in [6, 6.07) is 6.61. The van der Waals surface area contributed by atoms with Crippen LogP contribution < -0.4 is 9.47 Å². The molecule has 12 heteroatoms. The first-order valence-electron chi connectivity index (χ1n) is 9.18. The fraction of sp³-hybridized carbons (Fsp3) is 0.190. The predicted molar refractivity (Wildman–Crippen MR) is 124 cm³/mol. The highest BCUT2D eigenvalue weighted by molar-refractivity contribution is 7.90. The predicted octanol–water partition coefficient (Wildman–Crippen LogP) is 4.55. The third-order valence-corrected chi connectivity index (χ3v) is 6.70. The van der Waals surface area contributed by atoms with Gasteiger partial charge < -0.3 is 9.47 Å². The summed E-state index contributed by atoms with van der Waals surface area (Å²) in [5, 5.41) is 4.26. The second kappa shape index (κ2) is 9.34. The molecule has 0 amide bonds. The number of aromatic nitrogens is 2. The van der Waals surface area contributed by atoms with Crippen molar-refractivity contribution in [1.29, 1.82) is 0 Å². The van der Waals surface area contributed by atoms with Crippen LogP contribution in [-0.2, 0) is 16.9 Å². The lowest BCUT2D eigenvalue weighted by atomic mass is 10.0. The minimum atomic E-state index is -3.52. The van der Waals surface area contributed by atoms with E-state index in [4.69, 9.17) is 44.3 Å². The molecule has 33 heavy (non-hydrogen) atoms. The standard InChI is InChI=1S/C21H17Cl3N2O6S/c1-10-16(18(27)12-6-5-11(9-15(12)24)33(4,29)30)20(26(2)25-10)32-21(28)17-13(22)7-8-14(23)19(17)31-3/h5-9H,1-4H3. The summed E-state index contributed by atoms with van der Waals surface area (Å²) in [6.45, 7) is 1.55. The van der Waals surface area contributed by atoms with Crippen LogP contribution in [0.25, 0.3) is 0 Å². The van der Waals surface area contributed by atoms with Crippen molar-refractivity contribution in [2.24, 2.45) is 7.05 Å². The molecule has 0 N–H and O–H groups in total. The second-order valence-electron chi connectivity index (χ2n) is 6.96. The lowest BCUT2D eigenvalue weighted by molar-refractivity contribution is 0.0715. The van der Waals surface area contributed by atoms with Gasteiger partial charge in [0.1, 0.15) is 11.1 Å². The van der Waals surface area contributed by atoms with Crippen molar-refractivity contribution in [1.82, 2.24) is 9.78 Å². The van der Waals surface area contributed by atoms with E-state index in [2.05, 4.69) is 5.10 Å². The fourth-order valence-electron chi connectivity index (χ4n) is 3.12. The Bertz CT molecular complexity index is 1400. The lowest BCUT2D eigenvalue weighted by Crippen LogP contribution is -2.16. The van der Waals surface area contributed by atoms with E-state index in [1.54, 1.807) is 6.92 Å². The number of halogens is 3. The van der Waals surface area contributed by atoms with Crippen molar-refractivity contribution in [2.75, 3.05) is 13.4 Å². The van der Waals surface area contributed by atoms with Gasteiger partial charge in [0.15, 0.2) is 15.6 Å². The maximum absolute atomic E-state index is 13.3. The SMILES string of the molecule is COc1c(Cl)ccc(Cl)c1C(=O)Oc1c(C(=O)c2ccc(S(C)(=O)=O)cc2Cl)c(C)nn1C. The van der Waals surface area contributed by atoms with Gasteiger partial charge in [-0.1, -0.05) is 34.8 Å². The van der Waals surface area contributed by atoms with Gasteiger partial charge in [0.2, 0.25) is 11.7 Å². The van der Waals surface area contributed by atoms with Crippen LogP contribution in [0.4, 0.5) is 0 Å². The molecule has 3 rings (SSSR count). The van der Waals surface area contributed by atoms with Crippen molar-refractivity contribution in [3.63, 3.8) is 0 Å². The number of carbonyl (C=O) groups excluding carboxylic acids is 2. The van der Waals surface area contributed by atoms with E-state index in [0.717, 1.165) is 6.26 Å². The molecule has 1 heterocycles. The number of carbonyl (C=O) groups is 2. The first kappa shape index (κ1) is 25.0. The zero-order valence-corrected chi connectivity index (χ0v) is 20.9. The summed E-state index contributed by atoms with van der Waals surface area (Å²) in [5.41, 5.74) is 0.116. The average molecular weight is 532 g/mol. The van der Waals surface area contributed by atoms with Crippen LogP contribution >= 0.6 is 34.8 Å². The summed E-state index contributed by atoms with van der Waals surface area (Å²) < 4.78 is 35.4. The molecule has 0 atom stereocenters. The minimum Gasteiger partial charge on any atom is -0.494 e. The molecule has 8 nitrogen and oxygen atoms in total. The molecule has 0 spiro atoms. The van der Waals surface area contributed by atoms with Crippen LogP contribution in [0, 0.1) is 6.92 Å². The summed E-state index contributed by atoms with van der Waals surface area (Å²) in [6.07, 6.45) is 1.03. The molecule has 0 aliphatic carbocycles. The Morgan fingerprint density at radius 1 is 1.00 bits per heavy atom. The Morgan fingerprint density at radius 3 is 2.21 bits per heavy atom. The third kappa shape index (κ3) is 4.86. The van der Waals surface area contributed by atoms with Crippen LogP contribution in [0.1, 0.15) is 32.0 Å². The van der Waals surface area contributed by atoms with Crippen LogP contribution in [0.5, 0.6) is 11.6 Å². The summed E-state index contributed by atoms with van der Waals surface area (Å²) >= 11 is 18.5. The number of benzene rings is 2. The van der Waals surface area contributed by atoms with Gasteiger partial charge in [-0.25, -0.2) is 17.9 Å². The van der Waals surface area contributed by atoms with Gasteiger partial charge in [0, 0.05) is 18.9 Å². The number of ether oxygens (including phenoxy) is 2. The second-order valence-corrected chi connectivity index (χ2v) is 10.2. The van der Waals surface area contributed by atoms with E-state index >= 15 is 0 Å². The van der Waals surface area contributed by atoms with Crippen molar-refractivity contribution in [3.8, 4) is 11.6 Å². The molecule has 0 bridgehead atoms. The molecule has 174 valence electrons. The first-order chi connectivity index (χ1) is 15.4. The van der Waals surface area contributed by atoms with Crippen molar-refractivity contribution >= 4 is 56.4 Å². The smallest absolute Gasteiger partial charge is 0.350 e. The van der Waals surface area contributed by atoms with Crippen LogP contribution in [0.15, 0.2) is 35.2 Å². The molecular formula is C21H17Cl3N2O6S. The lowest BCUT2D eigenvalue weighted by Gasteiger charge is -2.13. The quantitative estimate of drug-likeness (QED) is 0.339. The van der Waals surface area contributed by atoms with Crippen LogP contribution in [-0.4, -0.2) is 43.3 Å². The van der Waals surface area contributed by atoms with Gasteiger partial charge in [0.25, 0.3) is 0 Å². The maximum atomic E-state index is 13.3. The van der Waals surface area contributed by atoms with Crippen molar-refractivity contribution in [3.05, 3.63) is 67.8 Å². The van der Waals surface area contributed by atoms with Crippen LogP contribution in [0.2, 0.25) is 15.1 Å². The number of ketones is 1. The summed E-state index contributed by atoms with van der Waals surface area (Å²) in [4.78, 5) is 26.2. The summed E-state index contributed by atoms with van der Waals surface area (Å²) in [5.74, 6) is -1.68. The van der Waals surface area contributed by atoms with E-state index in [9.17, 15) is 18.0 Å². The van der Waals surface area contributed by atoms with Gasteiger partial charge in [0.05, 0.1) is 32.8 Å². The minimum absolute atomic E-state index is 0.0100. The largest absolute Gasteiger partial charge is 0.494 e. The molecule has 0 saturated carbocycles. The molecule has 0 aliphatic heterocycles. The Morgan fingerprint density at radius 2 is 1.64 bits per heavy atom. The Hall–Kier alpha value is -2.59. The molecular weight excluding hydrogens is 515 g/mol.